The minimum atomic E-state index is -2.75. The fraction of sp³-hybridized carbons (Fsp3) is 0.150. The second-order valence-corrected chi connectivity index (χ2v) is 53.5. The third-order valence-electron chi connectivity index (χ3n) is 23.0. The van der Waals surface area contributed by atoms with Crippen LogP contribution in [0.1, 0.15) is 70.4 Å². The Labute approximate surface area is 867 Å². The molecule has 12 aromatic carbocycles. The summed E-state index contributed by atoms with van der Waals surface area (Å²) in [7, 11) is 3.27. The van der Waals surface area contributed by atoms with Crippen molar-refractivity contribution in [3.05, 3.63) is 256 Å². The van der Waals surface area contributed by atoms with Crippen molar-refractivity contribution in [2.75, 3.05) is 14.2 Å². The standard InChI is InChI=1S/C22H16O6S.C18H17N2O3.C16H12O5S.C15H11NO4S.C14H9BrN2O4S.C10H7BrO2S.3C4H9.Sn/c23-15-4-1-11(7-18(15)26)14-10-21(12-2-5-16(24)19(27)8-12)29-22(14)13-3-6-17(25)20(28)9-13;1-11-5-6-13(9-12(11)2)17-19-20-18(23-17)14-7-8-15(21-3)16(10-14)22-4;17-10-2-1-8(5-11(10)18)14-3-4-15(22-14)9-6-12(19)16(21)13(20)7-9;17-10-3-1-8(5-12(10)19)14-7-16-15(21-14)9-2-4-11(18)13(20)6-9;15-8-5-12(21)11(20)4-7(8)14-17-16-13(22-14)6-1-2-9(18)10(19)3-6;11-10-4-3-9(14-10)6-1-2-7(12)8(13)5-6;3*1-3-4-2;/h1-10,23-28H;5,7-10H,1-4H3;1-7,17-21H;1-7,17-20H;1-5,18-21H;1-5,12-13H;3*1,3-4H2,2H3;. The number of rotatable bonds is 24. The molecule has 18 aromatic rings. The van der Waals surface area contributed by atoms with Gasteiger partial charge in [-0.2, -0.15) is 0 Å². The number of nitrogens with zero attached hydrogens (tertiary/aromatic N) is 5. The van der Waals surface area contributed by atoms with E-state index >= 15 is 0 Å². The smallest absolute Gasteiger partial charge is 0.200 e. The van der Waals surface area contributed by atoms with Gasteiger partial charge in [-0.3, -0.25) is 0 Å². The Morgan fingerprint density at radius 3 is 1.15 bits per heavy atom. The Morgan fingerprint density at radius 2 is 0.667 bits per heavy atom. The molecule has 744 valence electrons. The molecule has 0 fully saturated rings. The first kappa shape index (κ1) is 107. The number of unbranched alkanes of at least 4 members (excludes halogenated alkanes) is 3. The van der Waals surface area contributed by atoms with Crippen LogP contribution in [0.2, 0.25) is 13.3 Å². The first-order chi connectivity index (χ1) is 68.9. The van der Waals surface area contributed by atoms with Crippen LogP contribution in [-0.4, -0.2) is 165 Å². The number of phenolic OH excluding ortho intramolecular Hbond substituents is 21. The quantitative estimate of drug-likeness (QED) is 0.0197. The van der Waals surface area contributed by atoms with Crippen molar-refractivity contribution in [3.63, 3.8) is 0 Å². The Balaban J connectivity index is 0.000000148. The number of benzene rings is 12. The van der Waals surface area contributed by atoms with E-state index in [1.54, 1.807) is 96.0 Å². The fourth-order valence-corrected chi connectivity index (χ4v) is 38.0. The summed E-state index contributed by atoms with van der Waals surface area (Å²) in [5, 5.41) is 219. The molecule has 0 aliphatic heterocycles. The number of aromatic hydroxyl groups is 21. The summed E-state index contributed by atoms with van der Waals surface area (Å²) < 4.78 is 24.7. The second-order valence-electron chi connectivity index (χ2n) is 32.9. The van der Waals surface area contributed by atoms with Crippen LogP contribution in [0.3, 0.4) is 0 Å². The van der Waals surface area contributed by atoms with E-state index in [9.17, 15) is 102 Å². The van der Waals surface area contributed by atoms with Crippen LogP contribution >= 0.6 is 88.5 Å². The summed E-state index contributed by atoms with van der Waals surface area (Å²) >= 11 is 10.9. The maximum Gasteiger partial charge on any atom is 0.200 e. The molecule has 0 amide bonds. The zero-order chi connectivity index (χ0) is 104. The Bertz CT molecular complexity index is 7430. The van der Waals surface area contributed by atoms with Crippen LogP contribution in [0.4, 0.5) is 0 Å². The third-order valence-corrected chi connectivity index (χ3v) is 45.5. The predicted octanol–water partition coefficient (Wildman–Crippen LogP) is 27.0. The van der Waals surface area contributed by atoms with Gasteiger partial charge in [0.15, 0.2) is 121 Å². The van der Waals surface area contributed by atoms with Gasteiger partial charge in [0.2, 0.25) is 0 Å². The van der Waals surface area contributed by atoms with Crippen molar-refractivity contribution in [1.29, 1.82) is 0 Å². The van der Waals surface area contributed by atoms with Gasteiger partial charge in [-0.1, -0.05) is 17.4 Å². The van der Waals surface area contributed by atoms with E-state index in [4.69, 9.17) is 19.0 Å². The molecule has 0 bridgehead atoms. The summed E-state index contributed by atoms with van der Waals surface area (Å²) in [5.41, 5.74) is 12.1. The number of thiazole rings is 1. The van der Waals surface area contributed by atoms with E-state index in [-0.39, 0.29) is 103 Å². The van der Waals surface area contributed by atoms with Crippen LogP contribution < -0.4 is 13.1 Å². The van der Waals surface area contributed by atoms with E-state index in [0.29, 0.717) is 81.7 Å². The normalized spacial score (nSPS) is 11.0. The van der Waals surface area contributed by atoms with E-state index in [0.717, 1.165) is 60.9 Å². The molecule has 0 aliphatic carbocycles. The van der Waals surface area contributed by atoms with Gasteiger partial charge in [0.1, 0.15) is 15.0 Å². The maximum absolute atomic E-state index is 9.91. The SMILES string of the molecule is CCC[CH2][Sn]([CH2]CCC)([CH2]CCC)[c]1cc(C)c(C)cc1-c1nnc(-c2ccc(OC)c(OC)c2)o1.Oc1ccc(-c2cc(-c3ccc(O)c(O)c3)c(-c3ccc(O)c(O)c3)s2)cc1O.Oc1ccc(-c2ccc(-c3cc(O)c(O)c(O)c3)s2)cc1O.Oc1ccc(-c2ccc(Br)s2)cc1O.Oc1ccc(-c2cnc(-c3ccc(O)c(O)c3)s2)cc1O.Oc1ccc(-c2nnc(-c3cc(O)c(O)cc3Br)s2)cc1O. The fourth-order valence-electron chi connectivity index (χ4n) is 15.1. The molecule has 6 heterocycles. The van der Waals surface area contributed by atoms with Gasteiger partial charge in [0.25, 0.3) is 0 Å². The molecular weight excluding hydrogens is 2180 g/mol. The van der Waals surface area contributed by atoms with Crippen LogP contribution in [0.5, 0.6) is 132 Å². The first-order valence-electron chi connectivity index (χ1n) is 44.5. The van der Waals surface area contributed by atoms with E-state index in [1.165, 1.54) is 229 Å². The summed E-state index contributed by atoms with van der Waals surface area (Å²) in [6, 6.07) is 61.6. The number of hydrogen-bond acceptors (Lipinski definition) is 34. The average Bonchev–Trinajstić information content (AvgIpc) is 1.51. The zero-order valence-corrected chi connectivity index (χ0v) is 88.1. The molecule has 0 atom stereocenters. The van der Waals surface area contributed by atoms with Gasteiger partial charge >= 0.3 is 223 Å². The minimum Gasteiger partial charge on any atom is -0.504 e. The van der Waals surface area contributed by atoms with Crippen molar-refractivity contribution in [2.24, 2.45) is 0 Å². The molecule has 18 rings (SSSR count). The monoisotopic (exact) mass is 2280 g/mol. The largest absolute Gasteiger partial charge is 0.504 e. The van der Waals surface area contributed by atoms with Gasteiger partial charge in [0, 0.05) is 57.3 Å². The maximum atomic E-state index is 9.91. The summed E-state index contributed by atoms with van der Waals surface area (Å²) in [6.07, 6.45) is 9.35. The van der Waals surface area contributed by atoms with Crippen LogP contribution in [0.15, 0.2) is 249 Å². The minimum absolute atomic E-state index is 0.0907. The van der Waals surface area contributed by atoms with Crippen LogP contribution in [0.25, 0.3) is 128 Å². The number of methoxy groups -OCH3 is 2. The number of hydrogen-bond donors (Lipinski definition) is 21. The van der Waals surface area contributed by atoms with Gasteiger partial charge in [-0.05, 0) is 265 Å². The predicted molar refractivity (Wildman–Crippen MR) is 572 cm³/mol. The molecule has 0 aliphatic rings. The van der Waals surface area contributed by atoms with Crippen molar-refractivity contribution >= 4 is 111 Å². The molecule has 6 aromatic heterocycles. The van der Waals surface area contributed by atoms with Gasteiger partial charge in [0.05, 0.1) is 8.66 Å². The third kappa shape index (κ3) is 25.8. The second kappa shape index (κ2) is 47.9. The Kier molecular flexibility index (Phi) is 35.4. The van der Waals surface area contributed by atoms with Crippen molar-refractivity contribution in [2.45, 2.75) is 86.5 Å². The average molecular weight is 2280 g/mol. The number of phenols is 21. The number of aromatic nitrogens is 5. The number of ether oxygens (including phenoxy) is 2. The Hall–Kier alpha value is -14.8. The van der Waals surface area contributed by atoms with E-state index in [1.807, 2.05) is 42.5 Å². The van der Waals surface area contributed by atoms with E-state index < -0.39 is 35.6 Å². The molecule has 21 N–H and O–H groups in total. The van der Waals surface area contributed by atoms with E-state index in [2.05, 4.69) is 104 Å². The van der Waals surface area contributed by atoms with Crippen molar-refractivity contribution < 1.29 is 121 Å². The molecule has 0 spiro atoms. The molecule has 0 radical (unpaired) electrons. The molecule has 29 nitrogen and oxygen atoms in total. The number of aryl methyl sites for hydroxylation is 2. The number of thiophene rings is 3. The zero-order valence-electron chi connectivity index (χ0n) is 78.0. The van der Waals surface area contributed by atoms with Crippen LogP contribution in [0, 0.1) is 13.8 Å². The first-order valence-corrected chi connectivity index (χ1v) is 57.6. The summed E-state index contributed by atoms with van der Waals surface area (Å²) in [6.45, 7) is 11.4. The van der Waals surface area contributed by atoms with Crippen molar-refractivity contribution in [3.8, 4) is 261 Å². The summed E-state index contributed by atoms with van der Waals surface area (Å²) in [4.78, 5) is 9.26. The van der Waals surface area contributed by atoms with Gasteiger partial charge in [-0.25, -0.2) is 4.98 Å². The van der Waals surface area contributed by atoms with Gasteiger partial charge in [-0.15, -0.1) is 55.5 Å². The summed E-state index contributed by atoms with van der Waals surface area (Å²) in [5.74, 6) is -2.60. The van der Waals surface area contributed by atoms with Crippen molar-refractivity contribution in [1.82, 2.24) is 25.4 Å². The van der Waals surface area contributed by atoms with Crippen LogP contribution in [-0.2, 0) is 0 Å². The molecule has 37 heteroatoms. The Morgan fingerprint density at radius 1 is 0.285 bits per heavy atom. The molecule has 0 unspecified atom stereocenters. The number of halogens is 2. The molecule has 0 saturated carbocycles. The molecular formula is C107H99Br2N5O24S5Sn. The topological polar surface area (TPSA) is 521 Å². The molecule has 144 heavy (non-hydrogen) atoms. The van der Waals surface area contributed by atoms with Gasteiger partial charge < -0.3 is 107 Å². The molecule has 0 saturated heterocycles.